The summed E-state index contributed by atoms with van der Waals surface area (Å²) in [5.41, 5.74) is 0.0369. The summed E-state index contributed by atoms with van der Waals surface area (Å²) >= 11 is 0. The van der Waals surface area contributed by atoms with Crippen LogP contribution in [0.1, 0.15) is 31.1 Å². The van der Waals surface area contributed by atoms with E-state index in [9.17, 15) is 19.2 Å². The molecular formula is C16H18O7. The van der Waals surface area contributed by atoms with Gasteiger partial charge < -0.3 is 14.2 Å². The molecule has 1 rings (SSSR count). The van der Waals surface area contributed by atoms with E-state index in [0.717, 1.165) is 0 Å². The van der Waals surface area contributed by atoms with E-state index in [-0.39, 0.29) is 24.5 Å². The van der Waals surface area contributed by atoms with E-state index >= 15 is 0 Å². The standard InChI is InChI=1S/C16H18O7/c1-4-21-15(19)13(16(20)22-5-2)14(18)11-7-6-8-12(9-11)23-10(3)17/h6-9,13H,4-5H2,1-3H3. The molecule has 0 heterocycles. The summed E-state index contributed by atoms with van der Waals surface area (Å²) in [6.45, 7) is 4.39. The van der Waals surface area contributed by atoms with Gasteiger partial charge in [0.2, 0.25) is 5.92 Å². The SMILES string of the molecule is CCOC(=O)C(C(=O)OCC)C(=O)c1cccc(OC(C)=O)c1. The van der Waals surface area contributed by atoms with Crippen LogP contribution >= 0.6 is 0 Å². The number of benzene rings is 1. The van der Waals surface area contributed by atoms with Crippen LogP contribution in [-0.2, 0) is 23.9 Å². The van der Waals surface area contributed by atoms with Crippen molar-refractivity contribution in [2.24, 2.45) is 5.92 Å². The Morgan fingerprint density at radius 3 is 2.04 bits per heavy atom. The lowest BCUT2D eigenvalue weighted by Crippen LogP contribution is -2.35. The first-order valence-corrected chi connectivity index (χ1v) is 7.06. The molecule has 0 saturated carbocycles. The third kappa shape index (κ3) is 5.21. The number of hydrogen-bond donors (Lipinski definition) is 0. The summed E-state index contributed by atoms with van der Waals surface area (Å²) < 4.78 is 14.4. The molecule has 1 aromatic carbocycles. The molecule has 0 aromatic heterocycles. The normalized spacial score (nSPS) is 10.1. The Hall–Kier alpha value is -2.70. The van der Waals surface area contributed by atoms with E-state index in [4.69, 9.17) is 14.2 Å². The van der Waals surface area contributed by atoms with E-state index in [1.165, 1.54) is 31.2 Å². The van der Waals surface area contributed by atoms with Crippen molar-refractivity contribution in [1.29, 1.82) is 0 Å². The van der Waals surface area contributed by atoms with Gasteiger partial charge in [0.05, 0.1) is 13.2 Å². The Morgan fingerprint density at radius 1 is 1.00 bits per heavy atom. The minimum atomic E-state index is -1.71. The molecule has 124 valence electrons. The molecule has 0 spiro atoms. The molecule has 7 heteroatoms. The van der Waals surface area contributed by atoms with Crippen molar-refractivity contribution < 1.29 is 33.4 Å². The second-order valence-electron chi connectivity index (χ2n) is 4.42. The Labute approximate surface area is 133 Å². The molecule has 0 N–H and O–H groups in total. The highest BCUT2D eigenvalue weighted by Crippen LogP contribution is 2.18. The van der Waals surface area contributed by atoms with Gasteiger partial charge in [-0.1, -0.05) is 12.1 Å². The first kappa shape index (κ1) is 18.3. The first-order chi connectivity index (χ1) is 10.9. The van der Waals surface area contributed by atoms with Crippen LogP contribution in [-0.4, -0.2) is 36.9 Å². The van der Waals surface area contributed by atoms with Gasteiger partial charge in [-0.3, -0.25) is 19.2 Å². The van der Waals surface area contributed by atoms with Gasteiger partial charge in [-0.2, -0.15) is 0 Å². The number of esters is 3. The second kappa shape index (κ2) is 8.67. The highest BCUT2D eigenvalue weighted by molar-refractivity contribution is 6.20. The number of Topliss-reactive ketones (excluding diaryl/α,β-unsaturated/α-hetero) is 1. The third-order valence-corrected chi connectivity index (χ3v) is 2.69. The van der Waals surface area contributed by atoms with Crippen molar-refractivity contribution in [2.45, 2.75) is 20.8 Å². The van der Waals surface area contributed by atoms with Crippen molar-refractivity contribution in [3.05, 3.63) is 29.8 Å². The lowest BCUT2D eigenvalue weighted by molar-refractivity contribution is -0.158. The monoisotopic (exact) mass is 322 g/mol. The quantitative estimate of drug-likeness (QED) is 0.325. The first-order valence-electron chi connectivity index (χ1n) is 7.06. The molecule has 23 heavy (non-hydrogen) atoms. The zero-order valence-corrected chi connectivity index (χ0v) is 13.2. The molecule has 0 aliphatic carbocycles. The molecule has 0 atom stereocenters. The fourth-order valence-electron chi connectivity index (χ4n) is 1.81. The number of carbonyl (C=O) groups excluding carboxylic acids is 4. The van der Waals surface area contributed by atoms with E-state index in [1.807, 2.05) is 0 Å². The zero-order valence-electron chi connectivity index (χ0n) is 13.2. The Morgan fingerprint density at radius 2 is 1.57 bits per heavy atom. The van der Waals surface area contributed by atoms with Crippen LogP contribution in [0.25, 0.3) is 0 Å². The number of hydrogen-bond acceptors (Lipinski definition) is 7. The minimum Gasteiger partial charge on any atom is -0.465 e. The van der Waals surface area contributed by atoms with E-state index in [1.54, 1.807) is 13.8 Å². The molecular weight excluding hydrogens is 304 g/mol. The van der Waals surface area contributed by atoms with Crippen LogP contribution < -0.4 is 4.74 Å². The fourth-order valence-corrected chi connectivity index (χ4v) is 1.81. The van der Waals surface area contributed by atoms with Crippen LogP contribution in [0.4, 0.5) is 0 Å². The van der Waals surface area contributed by atoms with Gasteiger partial charge in [0.15, 0.2) is 5.78 Å². The molecule has 1 aromatic rings. The van der Waals surface area contributed by atoms with E-state index < -0.39 is 29.6 Å². The highest BCUT2D eigenvalue weighted by Gasteiger charge is 2.37. The maximum absolute atomic E-state index is 12.5. The largest absolute Gasteiger partial charge is 0.465 e. The maximum Gasteiger partial charge on any atom is 0.328 e. The molecule has 0 aliphatic heterocycles. The van der Waals surface area contributed by atoms with Crippen molar-refractivity contribution in [1.82, 2.24) is 0 Å². The van der Waals surface area contributed by atoms with E-state index in [2.05, 4.69) is 0 Å². The van der Waals surface area contributed by atoms with E-state index in [0.29, 0.717) is 0 Å². The molecule has 0 unspecified atom stereocenters. The predicted molar refractivity (Wildman–Crippen MR) is 78.8 cm³/mol. The van der Waals surface area contributed by atoms with Gasteiger partial charge in [0.25, 0.3) is 0 Å². The number of ketones is 1. The van der Waals surface area contributed by atoms with Gasteiger partial charge in [-0.15, -0.1) is 0 Å². The summed E-state index contributed by atoms with van der Waals surface area (Å²) in [6.07, 6.45) is 0. The molecule has 7 nitrogen and oxygen atoms in total. The van der Waals surface area contributed by atoms with Crippen molar-refractivity contribution in [3.63, 3.8) is 0 Å². The van der Waals surface area contributed by atoms with Gasteiger partial charge >= 0.3 is 17.9 Å². The Bertz CT molecular complexity index is 588. The number of rotatable bonds is 7. The number of ether oxygens (including phenoxy) is 3. The molecule has 0 radical (unpaired) electrons. The van der Waals surface area contributed by atoms with Crippen molar-refractivity contribution in [3.8, 4) is 5.75 Å². The van der Waals surface area contributed by atoms with Crippen LogP contribution in [0.5, 0.6) is 5.75 Å². The average Bonchev–Trinajstić information content (AvgIpc) is 2.47. The summed E-state index contributed by atoms with van der Waals surface area (Å²) in [4.78, 5) is 47.2. The van der Waals surface area contributed by atoms with Crippen LogP contribution in [0.15, 0.2) is 24.3 Å². The summed E-state index contributed by atoms with van der Waals surface area (Å²) in [7, 11) is 0. The summed E-state index contributed by atoms with van der Waals surface area (Å²) in [5.74, 6) is -4.86. The Balaban J connectivity index is 3.11. The molecule has 0 saturated heterocycles. The van der Waals surface area contributed by atoms with Crippen LogP contribution in [0, 0.1) is 5.92 Å². The van der Waals surface area contributed by atoms with Gasteiger partial charge in [0, 0.05) is 12.5 Å². The third-order valence-electron chi connectivity index (χ3n) is 2.69. The summed E-state index contributed by atoms with van der Waals surface area (Å²) in [6, 6.07) is 5.62. The van der Waals surface area contributed by atoms with Gasteiger partial charge in [-0.05, 0) is 26.0 Å². The lowest BCUT2D eigenvalue weighted by atomic mass is 9.97. The molecule has 0 bridgehead atoms. The van der Waals surface area contributed by atoms with Gasteiger partial charge in [-0.25, -0.2) is 0 Å². The smallest absolute Gasteiger partial charge is 0.328 e. The predicted octanol–water partition coefficient (Wildman–Crippen LogP) is 1.54. The topological polar surface area (TPSA) is 96.0 Å². The van der Waals surface area contributed by atoms with Gasteiger partial charge in [0.1, 0.15) is 5.75 Å². The zero-order chi connectivity index (χ0) is 17.4. The second-order valence-corrected chi connectivity index (χ2v) is 4.42. The fraction of sp³-hybridized carbons (Fsp3) is 0.375. The van der Waals surface area contributed by atoms with Crippen LogP contribution in [0.2, 0.25) is 0 Å². The minimum absolute atomic E-state index is 0.0233. The maximum atomic E-state index is 12.5. The lowest BCUT2D eigenvalue weighted by Gasteiger charge is -2.13. The van der Waals surface area contributed by atoms with Crippen LogP contribution in [0.3, 0.4) is 0 Å². The van der Waals surface area contributed by atoms with Crippen molar-refractivity contribution in [2.75, 3.05) is 13.2 Å². The molecule has 0 aliphatic rings. The average molecular weight is 322 g/mol. The highest BCUT2D eigenvalue weighted by atomic mass is 16.6. The number of carbonyl (C=O) groups is 4. The molecule has 0 amide bonds. The summed E-state index contributed by atoms with van der Waals surface area (Å²) in [5, 5.41) is 0. The Kier molecular flexibility index (Phi) is 6.92. The molecule has 0 fully saturated rings. The van der Waals surface area contributed by atoms with Crippen molar-refractivity contribution >= 4 is 23.7 Å².